The molecule has 3 nitrogen and oxygen atoms in total. The van der Waals surface area contributed by atoms with Gasteiger partial charge in [-0.2, -0.15) is 0 Å². The van der Waals surface area contributed by atoms with Crippen LogP contribution in [0.4, 0.5) is 5.69 Å². The van der Waals surface area contributed by atoms with Gasteiger partial charge < -0.3 is 15.2 Å². The van der Waals surface area contributed by atoms with Crippen molar-refractivity contribution in [3.8, 4) is 5.75 Å². The second-order valence-corrected chi connectivity index (χ2v) is 5.01. The number of anilines is 1. The van der Waals surface area contributed by atoms with Gasteiger partial charge in [0.1, 0.15) is 5.75 Å². The number of hydrogen-bond acceptors (Lipinski definition) is 3. The Morgan fingerprint density at radius 2 is 1.81 bits per heavy atom. The standard InChI is InChI=1S/C18H23NO2/c1-2-3-12-21-17-10-8-15(9-11-17)13-19-18-7-5-4-6-16(18)14-20/h4-11,19-20H,2-3,12-14H2,1H3. The molecule has 0 heterocycles. The summed E-state index contributed by atoms with van der Waals surface area (Å²) in [4.78, 5) is 0. The Hall–Kier alpha value is -2.00. The van der Waals surface area contributed by atoms with Gasteiger partial charge in [-0.3, -0.25) is 0 Å². The van der Waals surface area contributed by atoms with E-state index in [2.05, 4.69) is 24.4 Å². The fourth-order valence-corrected chi connectivity index (χ4v) is 2.07. The molecule has 0 bridgehead atoms. The molecule has 0 amide bonds. The van der Waals surface area contributed by atoms with E-state index in [4.69, 9.17) is 4.74 Å². The van der Waals surface area contributed by atoms with E-state index in [0.29, 0.717) is 0 Å². The second kappa shape index (κ2) is 8.32. The molecule has 0 unspecified atom stereocenters. The predicted molar refractivity (Wildman–Crippen MR) is 86.5 cm³/mol. The van der Waals surface area contributed by atoms with Crippen molar-refractivity contribution < 1.29 is 9.84 Å². The smallest absolute Gasteiger partial charge is 0.119 e. The highest BCUT2D eigenvalue weighted by Gasteiger charge is 2.00. The van der Waals surface area contributed by atoms with Crippen molar-refractivity contribution in [1.29, 1.82) is 0 Å². The SMILES string of the molecule is CCCCOc1ccc(CNc2ccccc2CO)cc1. The first kappa shape index (κ1) is 15.4. The molecule has 2 N–H and O–H groups in total. The molecule has 2 aromatic carbocycles. The Balaban J connectivity index is 1.88. The van der Waals surface area contributed by atoms with Crippen LogP contribution >= 0.6 is 0 Å². The summed E-state index contributed by atoms with van der Waals surface area (Å²) in [7, 11) is 0. The van der Waals surface area contributed by atoms with Crippen LogP contribution in [0.1, 0.15) is 30.9 Å². The number of ether oxygens (including phenoxy) is 1. The van der Waals surface area contributed by atoms with Gasteiger partial charge in [-0.25, -0.2) is 0 Å². The number of rotatable bonds is 8. The molecule has 0 saturated heterocycles. The number of nitrogens with one attached hydrogen (secondary N) is 1. The average Bonchev–Trinajstić information content (AvgIpc) is 2.54. The summed E-state index contributed by atoms with van der Waals surface area (Å²) in [6.45, 7) is 3.71. The normalized spacial score (nSPS) is 10.4. The summed E-state index contributed by atoms with van der Waals surface area (Å²) < 4.78 is 5.65. The number of hydrogen-bond donors (Lipinski definition) is 2. The highest BCUT2D eigenvalue weighted by molar-refractivity contribution is 5.51. The van der Waals surface area contributed by atoms with E-state index in [1.807, 2.05) is 36.4 Å². The van der Waals surface area contributed by atoms with Gasteiger partial charge in [0.15, 0.2) is 0 Å². The summed E-state index contributed by atoms with van der Waals surface area (Å²) in [5.74, 6) is 0.919. The molecule has 0 aromatic heterocycles. The van der Waals surface area contributed by atoms with Crippen molar-refractivity contribution in [2.24, 2.45) is 0 Å². The lowest BCUT2D eigenvalue weighted by Gasteiger charge is -2.11. The van der Waals surface area contributed by atoms with Gasteiger partial charge in [0, 0.05) is 17.8 Å². The number of unbranched alkanes of at least 4 members (excludes halogenated alkanes) is 1. The zero-order chi connectivity index (χ0) is 14.9. The quantitative estimate of drug-likeness (QED) is 0.721. The van der Waals surface area contributed by atoms with Crippen LogP contribution in [0.2, 0.25) is 0 Å². The number of aliphatic hydroxyl groups is 1. The summed E-state index contributed by atoms with van der Waals surface area (Å²) in [6, 6.07) is 15.9. The van der Waals surface area contributed by atoms with Gasteiger partial charge in [-0.05, 0) is 30.2 Å². The molecule has 2 rings (SSSR count). The molecular formula is C18H23NO2. The van der Waals surface area contributed by atoms with Crippen molar-refractivity contribution in [1.82, 2.24) is 0 Å². The Labute approximate surface area is 126 Å². The maximum absolute atomic E-state index is 9.30. The Bertz CT molecular complexity index is 537. The lowest BCUT2D eigenvalue weighted by Crippen LogP contribution is -2.02. The largest absolute Gasteiger partial charge is 0.494 e. The van der Waals surface area contributed by atoms with E-state index in [0.717, 1.165) is 43.0 Å². The summed E-state index contributed by atoms with van der Waals surface area (Å²) in [5, 5.41) is 12.6. The van der Waals surface area contributed by atoms with Gasteiger partial charge in [0.05, 0.1) is 13.2 Å². The molecule has 0 atom stereocenters. The molecular weight excluding hydrogens is 262 g/mol. The molecule has 0 saturated carbocycles. The molecule has 3 heteroatoms. The topological polar surface area (TPSA) is 41.5 Å². The van der Waals surface area contributed by atoms with Gasteiger partial charge in [0.2, 0.25) is 0 Å². The van der Waals surface area contributed by atoms with E-state index in [1.165, 1.54) is 5.56 Å². The zero-order valence-electron chi connectivity index (χ0n) is 12.5. The molecule has 0 aliphatic carbocycles. The molecule has 2 aromatic rings. The fraction of sp³-hybridized carbons (Fsp3) is 0.333. The van der Waals surface area contributed by atoms with Crippen molar-refractivity contribution >= 4 is 5.69 Å². The van der Waals surface area contributed by atoms with Crippen LogP contribution in [0.15, 0.2) is 48.5 Å². The fourth-order valence-electron chi connectivity index (χ4n) is 2.07. The third-order valence-electron chi connectivity index (χ3n) is 3.36. The van der Waals surface area contributed by atoms with Gasteiger partial charge >= 0.3 is 0 Å². The monoisotopic (exact) mass is 285 g/mol. The second-order valence-electron chi connectivity index (χ2n) is 5.01. The number of para-hydroxylation sites is 1. The Morgan fingerprint density at radius 1 is 1.05 bits per heavy atom. The third kappa shape index (κ3) is 4.80. The van der Waals surface area contributed by atoms with Crippen molar-refractivity contribution in [2.45, 2.75) is 32.9 Å². The van der Waals surface area contributed by atoms with E-state index < -0.39 is 0 Å². The summed E-state index contributed by atoms with van der Waals surface area (Å²) in [6.07, 6.45) is 2.23. The first-order valence-electron chi connectivity index (χ1n) is 7.48. The van der Waals surface area contributed by atoms with Crippen molar-refractivity contribution in [2.75, 3.05) is 11.9 Å². The highest BCUT2D eigenvalue weighted by Crippen LogP contribution is 2.17. The van der Waals surface area contributed by atoms with Crippen LogP contribution in [0, 0.1) is 0 Å². The van der Waals surface area contributed by atoms with Crippen LogP contribution in [0.25, 0.3) is 0 Å². The maximum Gasteiger partial charge on any atom is 0.119 e. The van der Waals surface area contributed by atoms with Gasteiger partial charge in [-0.15, -0.1) is 0 Å². The van der Waals surface area contributed by atoms with Crippen LogP contribution < -0.4 is 10.1 Å². The summed E-state index contributed by atoms with van der Waals surface area (Å²) >= 11 is 0. The van der Waals surface area contributed by atoms with Crippen LogP contribution in [0.5, 0.6) is 5.75 Å². The van der Waals surface area contributed by atoms with E-state index in [-0.39, 0.29) is 6.61 Å². The van der Waals surface area contributed by atoms with Crippen molar-refractivity contribution in [3.05, 3.63) is 59.7 Å². The lowest BCUT2D eigenvalue weighted by atomic mass is 10.1. The van der Waals surface area contributed by atoms with Crippen LogP contribution in [0.3, 0.4) is 0 Å². The number of benzene rings is 2. The molecule has 112 valence electrons. The molecule has 0 radical (unpaired) electrons. The molecule has 0 aliphatic rings. The maximum atomic E-state index is 9.30. The van der Waals surface area contributed by atoms with Crippen LogP contribution in [-0.4, -0.2) is 11.7 Å². The van der Waals surface area contributed by atoms with Crippen molar-refractivity contribution in [3.63, 3.8) is 0 Å². The van der Waals surface area contributed by atoms with Gasteiger partial charge in [-0.1, -0.05) is 43.7 Å². The van der Waals surface area contributed by atoms with Crippen LogP contribution in [-0.2, 0) is 13.2 Å². The first-order valence-corrected chi connectivity index (χ1v) is 7.48. The molecule has 0 spiro atoms. The highest BCUT2D eigenvalue weighted by atomic mass is 16.5. The predicted octanol–water partition coefficient (Wildman–Crippen LogP) is 3.97. The third-order valence-corrected chi connectivity index (χ3v) is 3.36. The zero-order valence-corrected chi connectivity index (χ0v) is 12.5. The lowest BCUT2D eigenvalue weighted by molar-refractivity contribution is 0.282. The minimum atomic E-state index is 0.0490. The Morgan fingerprint density at radius 3 is 2.52 bits per heavy atom. The average molecular weight is 285 g/mol. The Kier molecular flexibility index (Phi) is 6.10. The minimum Gasteiger partial charge on any atom is -0.494 e. The van der Waals surface area contributed by atoms with E-state index in [1.54, 1.807) is 0 Å². The van der Waals surface area contributed by atoms with E-state index >= 15 is 0 Å². The molecule has 0 aliphatic heterocycles. The number of aliphatic hydroxyl groups excluding tert-OH is 1. The minimum absolute atomic E-state index is 0.0490. The van der Waals surface area contributed by atoms with Gasteiger partial charge in [0.25, 0.3) is 0 Å². The molecule has 0 fully saturated rings. The summed E-state index contributed by atoms with van der Waals surface area (Å²) in [5.41, 5.74) is 3.07. The first-order chi connectivity index (χ1) is 10.3. The molecule has 21 heavy (non-hydrogen) atoms. The van der Waals surface area contributed by atoms with E-state index in [9.17, 15) is 5.11 Å².